The summed E-state index contributed by atoms with van der Waals surface area (Å²) in [6.07, 6.45) is 0. The van der Waals surface area contributed by atoms with Gasteiger partial charge in [0.15, 0.2) is 8.68 Å². The quantitative estimate of drug-likeness (QED) is 0.641. The minimum Gasteiger partial charge on any atom is -0.338 e. The second kappa shape index (κ2) is 10.5. The lowest BCUT2D eigenvalue weighted by Crippen LogP contribution is -2.41. The second-order valence-corrected chi connectivity index (χ2v) is 9.39. The van der Waals surface area contributed by atoms with Gasteiger partial charge in [0.05, 0.1) is 0 Å². The van der Waals surface area contributed by atoms with Crippen molar-refractivity contribution in [1.82, 2.24) is 20.8 Å². The van der Waals surface area contributed by atoms with Gasteiger partial charge >= 0.3 is 6.03 Å². The predicted molar refractivity (Wildman–Crippen MR) is 108 cm³/mol. The number of carbonyl (C=O) groups is 2. The molecule has 0 bridgehead atoms. The van der Waals surface area contributed by atoms with Crippen molar-refractivity contribution in [3.63, 3.8) is 0 Å². The molecule has 2 rings (SSSR count). The van der Waals surface area contributed by atoms with E-state index in [9.17, 15) is 9.59 Å². The van der Waals surface area contributed by atoms with E-state index in [2.05, 4.69) is 34.7 Å². The van der Waals surface area contributed by atoms with Crippen molar-refractivity contribution in [1.29, 1.82) is 0 Å². The Morgan fingerprint density at radius 3 is 2.50 bits per heavy atom. The van der Waals surface area contributed by atoms with Gasteiger partial charge in [-0.2, -0.15) is 0 Å². The Morgan fingerprint density at radius 1 is 1.15 bits per heavy atom. The summed E-state index contributed by atoms with van der Waals surface area (Å²) in [5, 5.41) is 12.8. The number of imide groups is 1. The number of benzene rings is 1. The highest BCUT2D eigenvalue weighted by Gasteiger charge is 2.25. The van der Waals surface area contributed by atoms with Gasteiger partial charge in [0.2, 0.25) is 5.91 Å². The molecule has 3 amide bonds. The molecule has 0 unspecified atom stereocenters. The molecule has 2 N–H and O–H groups in total. The standard InChI is InChI=1S/C17H22N4O2S3/c1-4-18-15(23)19-14(22)13(12-8-6-5-7-9-12)25-17-21-20-16(26-17)24-10-11(2)3/h5-9,11,13H,4,10H2,1-3H3,(H2,18,19,22,23)/t13-/m0/s1. The summed E-state index contributed by atoms with van der Waals surface area (Å²) in [5.41, 5.74) is 0.811. The first-order chi connectivity index (χ1) is 12.5. The first-order valence-corrected chi connectivity index (χ1v) is 10.9. The minimum absolute atomic E-state index is 0.376. The van der Waals surface area contributed by atoms with Crippen LogP contribution in [0.2, 0.25) is 0 Å². The molecule has 2 aromatic rings. The average molecular weight is 411 g/mol. The molecule has 0 spiro atoms. The highest BCUT2D eigenvalue weighted by molar-refractivity contribution is 8.03. The van der Waals surface area contributed by atoms with E-state index in [1.54, 1.807) is 18.7 Å². The molecule has 6 nitrogen and oxygen atoms in total. The summed E-state index contributed by atoms with van der Waals surface area (Å²) in [5.74, 6) is 1.16. The van der Waals surface area contributed by atoms with Crippen LogP contribution in [-0.2, 0) is 4.79 Å². The zero-order valence-corrected chi connectivity index (χ0v) is 17.3. The van der Waals surface area contributed by atoms with Crippen molar-refractivity contribution in [3.05, 3.63) is 35.9 Å². The van der Waals surface area contributed by atoms with Crippen LogP contribution in [0.4, 0.5) is 4.79 Å². The third-order valence-electron chi connectivity index (χ3n) is 3.06. The number of nitrogens with zero attached hydrogens (tertiary/aromatic N) is 2. The van der Waals surface area contributed by atoms with E-state index in [1.165, 1.54) is 23.1 Å². The molecular weight excluding hydrogens is 388 g/mol. The van der Waals surface area contributed by atoms with Crippen LogP contribution in [0.25, 0.3) is 0 Å². The Morgan fingerprint density at radius 2 is 1.85 bits per heavy atom. The normalized spacial score (nSPS) is 12.0. The van der Waals surface area contributed by atoms with Crippen molar-refractivity contribution in [3.8, 4) is 0 Å². The molecule has 26 heavy (non-hydrogen) atoms. The molecule has 140 valence electrons. The van der Waals surface area contributed by atoms with Crippen LogP contribution in [-0.4, -0.2) is 34.4 Å². The van der Waals surface area contributed by atoms with Gasteiger partial charge < -0.3 is 5.32 Å². The molecule has 0 saturated heterocycles. The molecule has 0 aliphatic rings. The Balaban J connectivity index is 2.12. The number of urea groups is 1. The molecule has 0 fully saturated rings. The highest BCUT2D eigenvalue weighted by atomic mass is 32.2. The lowest BCUT2D eigenvalue weighted by Gasteiger charge is -2.15. The van der Waals surface area contributed by atoms with Crippen LogP contribution in [0.1, 0.15) is 31.6 Å². The van der Waals surface area contributed by atoms with Crippen molar-refractivity contribution in [2.24, 2.45) is 5.92 Å². The van der Waals surface area contributed by atoms with E-state index in [4.69, 9.17) is 0 Å². The fraction of sp³-hybridized carbons (Fsp3) is 0.412. The fourth-order valence-electron chi connectivity index (χ4n) is 1.92. The largest absolute Gasteiger partial charge is 0.338 e. The van der Waals surface area contributed by atoms with Gasteiger partial charge in [-0.05, 0) is 18.4 Å². The van der Waals surface area contributed by atoms with Gasteiger partial charge in [0.1, 0.15) is 5.25 Å². The predicted octanol–water partition coefficient (Wildman–Crippen LogP) is 3.97. The number of hydrogen-bond acceptors (Lipinski definition) is 7. The fourth-order valence-corrected chi connectivity index (χ4v) is 5.11. The van der Waals surface area contributed by atoms with E-state index in [0.29, 0.717) is 16.8 Å². The van der Waals surface area contributed by atoms with E-state index in [1.807, 2.05) is 30.3 Å². The number of rotatable bonds is 8. The summed E-state index contributed by atoms with van der Waals surface area (Å²) in [4.78, 5) is 24.3. The summed E-state index contributed by atoms with van der Waals surface area (Å²) < 4.78 is 1.59. The van der Waals surface area contributed by atoms with Gasteiger partial charge in [-0.15, -0.1) is 10.2 Å². The maximum absolute atomic E-state index is 12.6. The summed E-state index contributed by atoms with van der Waals surface area (Å²) in [6, 6.07) is 8.86. The number of nitrogens with one attached hydrogen (secondary N) is 2. The van der Waals surface area contributed by atoms with Gasteiger partial charge in [-0.1, -0.05) is 79.0 Å². The molecule has 9 heteroatoms. The lowest BCUT2D eigenvalue weighted by atomic mass is 10.1. The molecular formula is C17H22N4O2S3. The molecule has 0 saturated carbocycles. The van der Waals surface area contributed by atoms with Crippen molar-refractivity contribution in [2.75, 3.05) is 12.3 Å². The van der Waals surface area contributed by atoms with Crippen molar-refractivity contribution < 1.29 is 9.59 Å². The second-order valence-electron chi connectivity index (χ2n) is 5.80. The SMILES string of the molecule is CCNC(=O)NC(=O)[C@@H](Sc1nnc(SCC(C)C)s1)c1ccccc1. The molecule has 0 aliphatic carbocycles. The first kappa shape index (κ1) is 20.7. The number of carbonyl (C=O) groups excluding carboxylic acids is 2. The average Bonchev–Trinajstić information content (AvgIpc) is 3.06. The van der Waals surface area contributed by atoms with E-state index < -0.39 is 11.3 Å². The van der Waals surface area contributed by atoms with Crippen molar-refractivity contribution in [2.45, 2.75) is 34.7 Å². The van der Waals surface area contributed by atoms with E-state index in [-0.39, 0.29) is 5.91 Å². The zero-order valence-electron chi connectivity index (χ0n) is 14.9. The third-order valence-corrected chi connectivity index (χ3v) is 6.88. The first-order valence-electron chi connectivity index (χ1n) is 8.26. The summed E-state index contributed by atoms with van der Waals surface area (Å²) in [6.45, 7) is 6.56. The van der Waals surface area contributed by atoms with Crippen LogP contribution in [0.3, 0.4) is 0 Å². The summed E-state index contributed by atoms with van der Waals surface area (Å²) in [7, 11) is 0. The summed E-state index contributed by atoms with van der Waals surface area (Å²) >= 11 is 4.44. The lowest BCUT2D eigenvalue weighted by molar-refractivity contribution is -0.119. The Hall–Kier alpha value is -1.58. The Labute approximate surface area is 165 Å². The number of thioether (sulfide) groups is 2. The van der Waals surface area contributed by atoms with Gasteiger partial charge in [0.25, 0.3) is 0 Å². The molecule has 1 heterocycles. The van der Waals surface area contributed by atoms with Crippen LogP contribution in [0.15, 0.2) is 39.0 Å². The smallest absolute Gasteiger partial charge is 0.321 e. The number of amides is 3. The number of aromatic nitrogens is 2. The van der Waals surface area contributed by atoms with Crippen LogP contribution >= 0.6 is 34.9 Å². The van der Waals surface area contributed by atoms with Gasteiger partial charge in [-0.25, -0.2) is 4.79 Å². The maximum atomic E-state index is 12.6. The highest BCUT2D eigenvalue weighted by Crippen LogP contribution is 2.38. The van der Waals surface area contributed by atoms with Crippen LogP contribution < -0.4 is 10.6 Å². The Kier molecular flexibility index (Phi) is 8.40. The third kappa shape index (κ3) is 6.62. The van der Waals surface area contributed by atoms with E-state index >= 15 is 0 Å². The Bertz CT molecular complexity index is 722. The molecule has 1 aromatic carbocycles. The van der Waals surface area contributed by atoms with Gasteiger partial charge in [0, 0.05) is 12.3 Å². The van der Waals surface area contributed by atoms with Gasteiger partial charge in [-0.3, -0.25) is 10.1 Å². The monoisotopic (exact) mass is 410 g/mol. The zero-order chi connectivity index (χ0) is 18.9. The number of hydrogen-bond donors (Lipinski definition) is 2. The molecule has 1 aromatic heterocycles. The minimum atomic E-state index is -0.574. The molecule has 1 atom stereocenters. The topological polar surface area (TPSA) is 84.0 Å². The van der Waals surface area contributed by atoms with Crippen LogP contribution in [0.5, 0.6) is 0 Å². The van der Waals surface area contributed by atoms with Crippen molar-refractivity contribution >= 4 is 46.8 Å². The molecule has 0 aliphatic heterocycles. The van der Waals surface area contributed by atoms with Crippen LogP contribution in [0, 0.1) is 5.92 Å². The van der Waals surface area contributed by atoms with E-state index in [0.717, 1.165) is 15.7 Å². The molecule has 0 radical (unpaired) electrons. The maximum Gasteiger partial charge on any atom is 0.321 e.